The minimum Gasteiger partial charge on any atom is -0.494 e. The molecule has 43 heavy (non-hydrogen) atoms. The Morgan fingerprint density at radius 2 is 2.07 bits per heavy atom. The number of morpholine rings is 1. The van der Waals surface area contributed by atoms with Crippen molar-refractivity contribution in [1.29, 1.82) is 5.26 Å². The van der Waals surface area contributed by atoms with Crippen LogP contribution in [0.3, 0.4) is 0 Å². The molecule has 2 aromatic carbocycles. The summed E-state index contributed by atoms with van der Waals surface area (Å²) in [6, 6.07) is 11.1. The molecule has 1 saturated heterocycles. The van der Waals surface area contributed by atoms with Crippen molar-refractivity contribution < 1.29 is 26.7 Å². The van der Waals surface area contributed by atoms with Crippen LogP contribution in [0.1, 0.15) is 18.9 Å². The highest BCUT2D eigenvalue weighted by molar-refractivity contribution is 7.92. The van der Waals surface area contributed by atoms with E-state index in [1.54, 1.807) is 12.1 Å². The first-order valence-electron chi connectivity index (χ1n) is 13.4. The van der Waals surface area contributed by atoms with Crippen LogP contribution in [-0.2, 0) is 14.8 Å². The Balaban J connectivity index is 1.72. The van der Waals surface area contributed by atoms with Gasteiger partial charge in [0, 0.05) is 23.7 Å². The monoisotopic (exact) mass is 609 g/mol. The topological polar surface area (TPSA) is 156 Å². The number of methoxy groups -OCH3 is 1. The van der Waals surface area contributed by atoms with Crippen molar-refractivity contribution in [2.45, 2.75) is 19.4 Å². The number of nitrogen functional groups attached to an aromatic ring is 1. The number of benzene rings is 2. The SMILES string of the molecule is COc1cc(-c2cccc(NS(=O)(=O)CCCF)c2F)cc2c(N3CCOCC3C)nc(-c3cnc(N)cc3C#N)nc12. The Morgan fingerprint density at radius 1 is 1.26 bits per heavy atom. The molecule has 14 heteroatoms. The third kappa shape index (κ3) is 6.13. The molecular formula is C29H29F2N7O4S. The number of ether oxygens (including phenoxy) is 2. The van der Waals surface area contributed by atoms with Gasteiger partial charge in [0.25, 0.3) is 0 Å². The molecule has 0 radical (unpaired) electrons. The summed E-state index contributed by atoms with van der Waals surface area (Å²) in [4.78, 5) is 15.8. The molecule has 0 amide bonds. The molecule has 0 aliphatic carbocycles. The van der Waals surface area contributed by atoms with E-state index in [9.17, 15) is 18.1 Å². The smallest absolute Gasteiger partial charge is 0.232 e. The minimum atomic E-state index is -3.96. The van der Waals surface area contributed by atoms with Gasteiger partial charge in [0.15, 0.2) is 11.6 Å². The predicted octanol–water partition coefficient (Wildman–Crippen LogP) is 4.29. The normalized spacial score (nSPS) is 15.3. The number of hydrogen-bond donors (Lipinski definition) is 2. The summed E-state index contributed by atoms with van der Waals surface area (Å²) in [6.07, 6.45) is 1.24. The van der Waals surface area contributed by atoms with Crippen LogP contribution in [0.5, 0.6) is 5.75 Å². The van der Waals surface area contributed by atoms with Crippen LogP contribution < -0.4 is 20.1 Å². The van der Waals surface area contributed by atoms with Gasteiger partial charge in [0.2, 0.25) is 10.0 Å². The summed E-state index contributed by atoms with van der Waals surface area (Å²) in [5.41, 5.74) is 7.07. The average Bonchev–Trinajstić information content (AvgIpc) is 3.00. The van der Waals surface area contributed by atoms with E-state index in [1.807, 2.05) is 11.8 Å². The number of nitrogens with zero attached hydrogens (tertiary/aromatic N) is 5. The third-order valence-electron chi connectivity index (χ3n) is 7.01. The van der Waals surface area contributed by atoms with Crippen LogP contribution in [0.4, 0.5) is 26.1 Å². The third-order valence-corrected chi connectivity index (χ3v) is 8.37. The zero-order chi connectivity index (χ0) is 30.7. The quantitative estimate of drug-likeness (QED) is 0.281. The Hall–Kier alpha value is -4.61. The lowest BCUT2D eigenvalue weighted by Gasteiger charge is -2.35. The molecule has 224 valence electrons. The summed E-state index contributed by atoms with van der Waals surface area (Å²) in [5.74, 6) is -0.0623. The lowest BCUT2D eigenvalue weighted by molar-refractivity contribution is 0.0987. The maximum atomic E-state index is 15.8. The second-order valence-electron chi connectivity index (χ2n) is 9.96. The molecular weight excluding hydrogens is 580 g/mol. The van der Waals surface area contributed by atoms with Gasteiger partial charge in [-0.2, -0.15) is 5.26 Å². The molecule has 3 heterocycles. The number of nitrogens with one attached hydrogen (secondary N) is 1. The van der Waals surface area contributed by atoms with Gasteiger partial charge in [0.1, 0.15) is 29.0 Å². The molecule has 3 N–H and O–H groups in total. The Kier molecular flexibility index (Phi) is 8.56. The van der Waals surface area contributed by atoms with Gasteiger partial charge in [-0.25, -0.2) is 27.8 Å². The largest absolute Gasteiger partial charge is 0.494 e. The molecule has 1 aliphatic heterocycles. The van der Waals surface area contributed by atoms with Crippen molar-refractivity contribution in [2.24, 2.45) is 0 Å². The number of fused-ring (bicyclic) bond motifs is 1. The predicted molar refractivity (Wildman–Crippen MR) is 159 cm³/mol. The number of rotatable bonds is 9. The number of sulfonamides is 1. The van der Waals surface area contributed by atoms with Gasteiger partial charge in [-0.3, -0.25) is 9.11 Å². The van der Waals surface area contributed by atoms with Gasteiger partial charge >= 0.3 is 0 Å². The van der Waals surface area contributed by atoms with Crippen LogP contribution in [0, 0.1) is 17.1 Å². The van der Waals surface area contributed by atoms with Crippen LogP contribution in [0.15, 0.2) is 42.6 Å². The number of alkyl halides is 1. The van der Waals surface area contributed by atoms with Crippen molar-refractivity contribution in [3.05, 3.63) is 54.0 Å². The fourth-order valence-electron chi connectivity index (χ4n) is 4.92. The van der Waals surface area contributed by atoms with Crippen molar-refractivity contribution in [2.75, 3.05) is 54.7 Å². The molecule has 2 aromatic heterocycles. The first-order chi connectivity index (χ1) is 20.7. The zero-order valence-electron chi connectivity index (χ0n) is 23.5. The lowest BCUT2D eigenvalue weighted by Crippen LogP contribution is -2.44. The molecule has 4 aromatic rings. The van der Waals surface area contributed by atoms with Gasteiger partial charge in [-0.05, 0) is 43.2 Å². The molecule has 1 atom stereocenters. The molecule has 0 saturated carbocycles. The maximum absolute atomic E-state index is 15.8. The van der Waals surface area contributed by atoms with E-state index in [0.29, 0.717) is 53.4 Å². The number of halogens is 2. The van der Waals surface area contributed by atoms with E-state index in [-0.39, 0.29) is 40.9 Å². The summed E-state index contributed by atoms with van der Waals surface area (Å²) >= 11 is 0. The van der Waals surface area contributed by atoms with Crippen LogP contribution in [0.25, 0.3) is 33.4 Å². The Bertz CT molecular complexity index is 1830. The maximum Gasteiger partial charge on any atom is 0.232 e. The van der Waals surface area contributed by atoms with Gasteiger partial charge in [-0.15, -0.1) is 0 Å². The average molecular weight is 610 g/mol. The first kappa shape index (κ1) is 29.9. The number of pyridine rings is 1. The fraction of sp³-hybridized carbons (Fsp3) is 0.310. The number of anilines is 3. The highest BCUT2D eigenvalue weighted by atomic mass is 32.2. The Labute approximate surface area is 247 Å². The highest BCUT2D eigenvalue weighted by Crippen LogP contribution is 2.40. The van der Waals surface area contributed by atoms with Crippen molar-refractivity contribution in [1.82, 2.24) is 15.0 Å². The Morgan fingerprint density at radius 3 is 2.79 bits per heavy atom. The van der Waals surface area contributed by atoms with Crippen molar-refractivity contribution in [3.8, 4) is 34.3 Å². The zero-order valence-corrected chi connectivity index (χ0v) is 24.3. The first-order valence-corrected chi connectivity index (χ1v) is 15.1. The molecule has 0 spiro atoms. The van der Waals surface area contributed by atoms with Gasteiger partial charge < -0.3 is 20.1 Å². The number of nitriles is 1. The number of nitrogens with two attached hydrogens (primary N) is 1. The number of aromatic nitrogens is 3. The van der Waals surface area contributed by atoms with Gasteiger partial charge in [-0.1, -0.05) is 12.1 Å². The summed E-state index contributed by atoms with van der Waals surface area (Å²) in [5, 5.41) is 10.3. The highest BCUT2D eigenvalue weighted by Gasteiger charge is 2.26. The second kappa shape index (κ2) is 12.3. The molecule has 0 bridgehead atoms. The fourth-order valence-corrected chi connectivity index (χ4v) is 6.00. The summed E-state index contributed by atoms with van der Waals surface area (Å²) < 4.78 is 66.7. The van der Waals surface area contributed by atoms with E-state index in [2.05, 4.69) is 15.8 Å². The second-order valence-corrected chi connectivity index (χ2v) is 11.8. The van der Waals surface area contributed by atoms with E-state index >= 15 is 4.39 Å². The van der Waals surface area contributed by atoms with Crippen LogP contribution in [0.2, 0.25) is 0 Å². The van der Waals surface area contributed by atoms with Crippen molar-refractivity contribution >= 4 is 38.2 Å². The van der Waals surface area contributed by atoms with E-state index < -0.39 is 28.3 Å². The minimum absolute atomic E-state index is 0.0758. The van der Waals surface area contributed by atoms with Gasteiger partial charge in [0.05, 0.1) is 55.6 Å². The molecule has 1 aliphatic rings. The van der Waals surface area contributed by atoms with Crippen LogP contribution in [-0.4, -0.2) is 68.7 Å². The molecule has 11 nitrogen and oxygen atoms in total. The summed E-state index contributed by atoms with van der Waals surface area (Å²) in [7, 11) is -2.51. The van der Waals surface area contributed by atoms with E-state index in [0.717, 1.165) is 0 Å². The van der Waals surface area contributed by atoms with E-state index in [4.69, 9.17) is 25.2 Å². The lowest BCUT2D eigenvalue weighted by atomic mass is 10.0. The number of hydrogen-bond acceptors (Lipinski definition) is 10. The molecule has 1 fully saturated rings. The standard InChI is InChI=1S/C29H29F2N7O4S/c1-17-16-42-9-8-38(17)29-21-11-18(20-5-3-6-23(26(20)31)37-43(39,40)10-4-7-30)12-24(41-2)27(21)35-28(36-29)22-15-34-25(33)13-19(22)14-32/h3,5-6,11-13,15,17,37H,4,7-10,16H2,1-2H3,(H2,33,34). The molecule has 1 unspecified atom stereocenters. The van der Waals surface area contributed by atoms with Crippen LogP contribution >= 0.6 is 0 Å². The molecule has 5 rings (SSSR count). The summed E-state index contributed by atoms with van der Waals surface area (Å²) in [6.45, 7) is 2.59. The van der Waals surface area contributed by atoms with Crippen molar-refractivity contribution in [3.63, 3.8) is 0 Å². The van der Waals surface area contributed by atoms with E-state index in [1.165, 1.54) is 37.6 Å².